The molecule has 6 nitrogen and oxygen atoms in total. The lowest BCUT2D eigenvalue weighted by Crippen LogP contribution is -2.30. The van der Waals surface area contributed by atoms with E-state index in [9.17, 15) is 9.59 Å². The number of halogens is 2. The van der Waals surface area contributed by atoms with E-state index in [1.54, 1.807) is 12.1 Å². The van der Waals surface area contributed by atoms with Crippen LogP contribution in [0.5, 0.6) is 0 Å². The SMILES string of the molecule is CC(OC(=O)c1cnsn1)C(=O)Nc1cc(Cl)ccc1Cl. The fourth-order valence-electron chi connectivity index (χ4n) is 1.36. The Labute approximate surface area is 134 Å². The number of rotatable bonds is 4. The number of carbonyl (C=O) groups excluding carboxylic acids is 2. The van der Waals surface area contributed by atoms with Gasteiger partial charge in [-0.3, -0.25) is 4.79 Å². The molecule has 1 atom stereocenters. The van der Waals surface area contributed by atoms with E-state index in [0.717, 1.165) is 11.7 Å². The first-order valence-electron chi connectivity index (χ1n) is 5.72. The van der Waals surface area contributed by atoms with E-state index >= 15 is 0 Å². The van der Waals surface area contributed by atoms with E-state index < -0.39 is 18.0 Å². The number of nitrogens with one attached hydrogen (secondary N) is 1. The molecule has 1 N–H and O–H groups in total. The first-order valence-corrected chi connectivity index (χ1v) is 7.20. The van der Waals surface area contributed by atoms with Gasteiger partial charge in [-0.2, -0.15) is 8.75 Å². The molecule has 9 heteroatoms. The molecule has 0 spiro atoms. The van der Waals surface area contributed by atoms with Crippen molar-refractivity contribution in [3.63, 3.8) is 0 Å². The zero-order valence-corrected chi connectivity index (χ0v) is 13.0. The smallest absolute Gasteiger partial charge is 0.360 e. The van der Waals surface area contributed by atoms with Gasteiger partial charge in [0, 0.05) is 5.02 Å². The first kappa shape index (κ1) is 15.7. The number of benzene rings is 1. The number of amides is 1. The highest BCUT2D eigenvalue weighted by Crippen LogP contribution is 2.25. The molecule has 0 aliphatic carbocycles. The summed E-state index contributed by atoms with van der Waals surface area (Å²) in [5, 5.41) is 3.29. The van der Waals surface area contributed by atoms with Gasteiger partial charge in [0.05, 0.1) is 28.6 Å². The molecule has 1 unspecified atom stereocenters. The monoisotopic (exact) mass is 345 g/mol. The van der Waals surface area contributed by atoms with Crippen molar-refractivity contribution in [2.45, 2.75) is 13.0 Å². The predicted molar refractivity (Wildman–Crippen MR) is 79.9 cm³/mol. The molecule has 21 heavy (non-hydrogen) atoms. The topological polar surface area (TPSA) is 81.2 Å². The van der Waals surface area contributed by atoms with Crippen LogP contribution in [0.15, 0.2) is 24.4 Å². The van der Waals surface area contributed by atoms with Gasteiger partial charge in [-0.15, -0.1) is 0 Å². The minimum Gasteiger partial charge on any atom is -0.448 e. The number of ether oxygens (including phenoxy) is 1. The van der Waals surface area contributed by atoms with Crippen LogP contribution in [-0.4, -0.2) is 26.7 Å². The van der Waals surface area contributed by atoms with Gasteiger partial charge in [0.1, 0.15) is 0 Å². The van der Waals surface area contributed by atoms with Crippen LogP contribution in [0.25, 0.3) is 0 Å². The van der Waals surface area contributed by atoms with Crippen molar-refractivity contribution in [1.82, 2.24) is 8.75 Å². The van der Waals surface area contributed by atoms with Gasteiger partial charge in [-0.1, -0.05) is 23.2 Å². The van der Waals surface area contributed by atoms with E-state index in [1.807, 2.05) is 0 Å². The lowest BCUT2D eigenvalue weighted by atomic mass is 10.3. The Morgan fingerprint density at radius 2 is 2.14 bits per heavy atom. The Bertz CT molecular complexity index is 664. The van der Waals surface area contributed by atoms with Crippen LogP contribution >= 0.6 is 34.9 Å². The van der Waals surface area contributed by atoms with Crippen molar-refractivity contribution in [3.05, 3.63) is 40.1 Å². The summed E-state index contributed by atoms with van der Waals surface area (Å²) in [6, 6.07) is 4.65. The quantitative estimate of drug-likeness (QED) is 0.861. The number of anilines is 1. The lowest BCUT2D eigenvalue weighted by Gasteiger charge is -2.13. The normalized spacial score (nSPS) is 11.8. The summed E-state index contributed by atoms with van der Waals surface area (Å²) in [6.07, 6.45) is 0.250. The average molecular weight is 346 g/mol. The molecule has 0 bridgehead atoms. The zero-order chi connectivity index (χ0) is 15.4. The molecule has 0 aliphatic rings. The van der Waals surface area contributed by atoms with Gasteiger partial charge in [0.15, 0.2) is 11.8 Å². The molecule has 0 aliphatic heterocycles. The molecule has 1 aromatic carbocycles. The molecule has 1 amide bonds. The molecule has 0 saturated heterocycles. The average Bonchev–Trinajstić information content (AvgIpc) is 2.97. The van der Waals surface area contributed by atoms with E-state index in [1.165, 1.54) is 19.2 Å². The molecular formula is C12H9Cl2N3O3S. The summed E-state index contributed by atoms with van der Waals surface area (Å²) in [5.41, 5.74) is 0.396. The van der Waals surface area contributed by atoms with E-state index in [4.69, 9.17) is 27.9 Å². The summed E-state index contributed by atoms with van der Waals surface area (Å²) < 4.78 is 12.4. The van der Waals surface area contributed by atoms with Crippen molar-refractivity contribution in [1.29, 1.82) is 0 Å². The molecule has 1 aromatic heterocycles. The van der Waals surface area contributed by atoms with Gasteiger partial charge < -0.3 is 10.1 Å². The Morgan fingerprint density at radius 3 is 2.81 bits per heavy atom. The molecule has 0 saturated carbocycles. The fourth-order valence-corrected chi connectivity index (χ4v) is 2.10. The van der Waals surface area contributed by atoms with Crippen LogP contribution in [0.3, 0.4) is 0 Å². The van der Waals surface area contributed by atoms with Crippen molar-refractivity contribution < 1.29 is 14.3 Å². The molecule has 1 heterocycles. The lowest BCUT2D eigenvalue weighted by molar-refractivity contribution is -0.123. The van der Waals surface area contributed by atoms with Crippen molar-refractivity contribution >= 4 is 52.5 Å². The number of hydrogen-bond acceptors (Lipinski definition) is 6. The fraction of sp³-hybridized carbons (Fsp3) is 0.167. The second-order valence-electron chi connectivity index (χ2n) is 3.95. The Balaban J connectivity index is 1.99. The van der Waals surface area contributed by atoms with E-state index in [-0.39, 0.29) is 5.69 Å². The highest BCUT2D eigenvalue weighted by atomic mass is 35.5. The van der Waals surface area contributed by atoms with Gasteiger partial charge in [-0.25, -0.2) is 4.79 Å². The third-order valence-electron chi connectivity index (χ3n) is 2.41. The number of esters is 1. The van der Waals surface area contributed by atoms with Gasteiger partial charge in [0.2, 0.25) is 0 Å². The second kappa shape index (κ2) is 6.84. The Morgan fingerprint density at radius 1 is 1.38 bits per heavy atom. The molecule has 0 fully saturated rings. The van der Waals surface area contributed by atoms with Gasteiger partial charge in [-0.05, 0) is 25.1 Å². The van der Waals surface area contributed by atoms with Crippen molar-refractivity contribution in [2.24, 2.45) is 0 Å². The number of hydrogen-bond donors (Lipinski definition) is 1. The third kappa shape index (κ3) is 4.13. The summed E-state index contributed by atoms with van der Waals surface area (Å²) in [5.74, 6) is -1.25. The van der Waals surface area contributed by atoms with Crippen molar-refractivity contribution in [2.75, 3.05) is 5.32 Å². The van der Waals surface area contributed by atoms with E-state index in [0.29, 0.717) is 15.7 Å². The molecule has 110 valence electrons. The number of nitrogens with zero attached hydrogens (tertiary/aromatic N) is 2. The van der Waals surface area contributed by atoms with Crippen LogP contribution in [0.1, 0.15) is 17.4 Å². The highest BCUT2D eigenvalue weighted by molar-refractivity contribution is 6.99. The summed E-state index contributed by atoms with van der Waals surface area (Å²) in [6.45, 7) is 1.44. The standard InChI is InChI=1S/C12H9Cl2N3O3S/c1-6(20-12(19)10-5-15-21-17-10)11(18)16-9-4-7(13)2-3-8(9)14/h2-6H,1H3,(H,16,18). The van der Waals surface area contributed by atoms with Gasteiger partial charge in [0.25, 0.3) is 5.91 Å². The maximum absolute atomic E-state index is 12.0. The Hall–Kier alpha value is -1.70. The second-order valence-corrected chi connectivity index (χ2v) is 5.35. The van der Waals surface area contributed by atoms with Crippen LogP contribution < -0.4 is 5.32 Å². The largest absolute Gasteiger partial charge is 0.448 e. The predicted octanol–water partition coefficient (Wildman–Crippen LogP) is 3.03. The molecule has 0 radical (unpaired) electrons. The third-order valence-corrected chi connectivity index (χ3v) is 3.45. The number of aromatic nitrogens is 2. The number of carbonyl (C=O) groups is 2. The summed E-state index contributed by atoms with van der Waals surface area (Å²) in [4.78, 5) is 23.6. The molecule has 2 rings (SSSR count). The highest BCUT2D eigenvalue weighted by Gasteiger charge is 2.21. The molecular weight excluding hydrogens is 337 g/mol. The van der Waals surface area contributed by atoms with Crippen LogP contribution in [0.2, 0.25) is 10.0 Å². The van der Waals surface area contributed by atoms with Crippen molar-refractivity contribution in [3.8, 4) is 0 Å². The van der Waals surface area contributed by atoms with Crippen LogP contribution in [0, 0.1) is 0 Å². The van der Waals surface area contributed by atoms with Crippen LogP contribution in [0.4, 0.5) is 5.69 Å². The van der Waals surface area contributed by atoms with Crippen LogP contribution in [-0.2, 0) is 9.53 Å². The maximum Gasteiger partial charge on any atom is 0.360 e. The summed E-state index contributed by atoms with van der Waals surface area (Å²) >= 11 is 12.6. The maximum atomic E-state index is 12.0. The zero-order valence-electron chi connectivity index (χ0n) is 10.7. The minimum absolute atomic E-state index is 0.0560. The minimum atomic E-state index is -1.02. The first-order chi connectivity index (χ1) is 9.97. The molecule has 2 aromatic rings. The van der Waals surface area contributed by atoms with Gasteiger partial charge >= 0.3 is 5.97 Å². The van der Waals surface area contributed by atoms with E-state index in [2.05, 4.69) is 14.1 Å². The summed E-state index contributed by atoms with van der Waals surface area (Å²) in [7, 11) is 0. The Kier molecular flexibility index (Phi) is 5.11.